The number of ketones is 1. The molecule has 1 aliphatic heterocycles. The van der Waals surface area contributed by atoms with E-state index in [0.717, 1.165) is 12.8 Å². The number of ether oxygens (including phenoxy) is 1. The highest BCUT2D eigenvalue weighted by molar-refractivity contribution is 5.97. The van der Waals surface area contributed by atoms with E-state index in [2.05, 4.69) is 0 Å². The molecule has 7 heteroatoms. The summed E-state index contributed by atoms with van der Waals surface area (Å²) >= 11 is 0. The second-order valence-electron chi connectivity index (χ2n) is 7.30. The number of piperidine rings is 1. The number of hydrogen-bond donors (Lipinski definition) is 2. The van der Waals surface area contributed by atoms with E-state index in [1.54, 1.807) is 12.1 Å². The third kappa shape index (κ3) is 4.69. The Hall–Kier alpha value is -1.47. The maximum Gasteiger partial charge on any atom is 0.223 e. The Labute approximate surface area is 166 Å². The largest absolute Gasteiger partial charge is 0.392 e. The SMILES string of the molecule is Cl.NCCO[C@H]1C[C@@H](O)C12CCN(C(=O)CCC(=O)c1ccccc1)CC2. The number of carbonyl (C=O) groups is 2. The van der Waals surface area contributed by atoms with Crippen LogP contribution in [-0.2, 0) is 9.53 Å². The minimum Gasteiger partial charge on any atom is -0.392 e. The molecule has 0 aromatic heterocycles. The van der Waals surface area contributed by atoms with Crippen LogP contribution >= 0.6 is 12.4 Å². The molecular weight excluding hydrogens is 368 g/mol. The van der Waals surface area contributed by atoms with Crippen molar-refractivity contribution >= 4 is 24.1 Å². The molecule has 2 aliphatic rings. The summed E-state index contributed by atoms with van der Waals surface area (Å²) in [6, 6.07) is 9.07. The Kier molecular flexibility index (Phi) is 7.79. The molecule has 2 fully saturated rings. The van der Waals surface area contributed by atoms with Crippen molar-refractivity contribution in [3.8, 4) is 0 Å². The average molecular weight is 397 g/mol. The van der Waals surface area contributed by atoms with Crippen molar-refractivity contribution in [1.29, 1.82) is 0 Å². The van der Waals surface area contributed by atoms with Gasteiger partial charge in [0.05, 0.1) is 18.8 Å². The summed E-state index contributed by atoms with van der Waals surface area (Å²) in [7, 11) is 0. The van der Waals surface area contributed by atoms with Crippen LogP contribution in [0.15, 0.2) is 30.3 Å². The van der Waals surface area contributed by atoms with Gasteiger partial charge in [-0.05, 0) is 12.8 Å². The van der Waals surface area contributed by atoms with Crippen molar-refractivity contribution in [2.75, 3.05) is 26.2 Å². The van der Waals surface area contributed by atoms with Crippen molar-refractivity contribution < 1.29 is 19.4 Å². The number of amides is 1. The number of nitrogens with two attached hydrogens (primary N) is 1. The standard InChI is InChI=1S/C20H28N2O4.ClH/c21-10-13-26-18-14-17(24)20(18)8-11-22(12-9-20)19(25)7-6-16(23)15-4-2-1-3-5-15;/h1-5,17-18,24H,6-14,21H2;1H/t17-,18+;/m1./s1. The normalized spacial score (nSPS) is 23.4. The van der Waals surface area contributed by atoms with Crippen LogP contribution in [0.5, 0.6) is 0 Å². The first-order chi connectivity index (χ1) is 12.6. The van der Waals surface area contributed by atoms with Crippen molar-refractivity contribution in [1.82, 2.24) is 4.90 Å². The molecule has 27 heavy (non-hydrogen) atoms. The summed E-state index contributed by atoms with van der Waals surface area (Å²) < 4.78 is 5.78. The highest BCUT2D eigenvalue weighted by Gasteiger charge is 2.56. The first-order valence-electron chi connectivity index (χ1n) is 9.42. The molecular formula is C20H29ClN2O4. The Morgan fingerprint density at radius 2 is 1.85 bits per heavy atom. The van der Waals surface area contributed by atoms with E-state index in [1.165, 1.54) is 0 Å². The van der Waals surface area contributed by atoms with E-state index in [0.29, 0.717) is 38.2 Å². The number of carbonyl (C=O) groups excluding carboxylic acids is 2. The number of rotatable bonds is 7. The van der Waals surface area contributed by atoms with Gasteiger partial charge < -0.3 is 20.5 Å². The lowest BCUT2D eigenvalue weighted by Gasteiger charge is -2.56. The van der Waals surface area contributed by atoms with E-state index in [1.807, 2.05) is 23.1 Å². The number of aliphatic hydroxyl groups excluding tert-OH is 1. The molecule has 2 atom stereocenters. The van der Waals surface area contributed by atoms with Crippen LogP contribution in [0.2, 0.25) is 0 Å². The maximum atomic E-state index is 12.4. The highest BCUT2D eigenvalue weighted by Crippen LogP contribution is 2.50. The topological polar surface area (TPSA) is 92.9 Å². The molecule has 1 aromatic rings. The summed E-state index contributed by atoms with van der Waals surface area (Å²) in [6.07, 6.45) is 2.27. The Morgan fingerprint density at radius 3 is 2.44 bits per heavy atom. The zero-order valence-corrected chi connectivity index (χ0v) is 16.3. The first kappa shape index (κ1) is 21.8. The van der Waals surface area contributed by atoms with E-state index in [4.69, 9.17) is 10.5 Å². The number of hydrogen-bond acceptors (Lipinski definition) is 5. The number of likely N-dealkylation sites (tertiary alicyclic amines) is 1. The van der Waals surface area contributed by atoms with Crippen molar-refractivity contribution in [2.45, 2.75) is 44.3 Å². The van der Waals surface area contributed by atoms with Crippen molar-refractivity contribution in [2.24, 2.45) is 11.1 Å². The van der Waals surface area contributed by atoms with Gasteiger partial charge >= 0.3 is 0 Å². The molecule has 0 unspecified atom stereocenters. The van der Waals surface area contributed by atoms with Gasteiger partial charge in [0.1, 0.15) is 0 Å². The smallest absolute Gasteiger partial charge is 0.223 e. The Morgan fingerprint density at radius 1 is 1.19 bits per heavy atom. The molecule has 3 rings (SSSR count). The van der Waals surface area contributed by atoms with Crippen LogP contribution < -0.4 is 5.73 Å². The van der Waals surface area contributed by atoms with Gasteiger partial charge in [-0.3, -0.25) is 9.59 Å². The van der Waals surface area contributed by atoms with Crippen LogP contribution in [0.25, 0.3) is 0 Å². The lowest BCUT2D eigenvalue weighted by molar-refractivity contribution is -0.210. The van der Waals surface area contributed by atoms with Crippen molar-refractivity contribution in [3.63, 3.8) is 0 Å². The van der Waals surface area contributed by atoms with Crippen molar-refractivity contribution in [3.05, 3.63) is 35.9 Å². The maximum absolute atomic E-state index is 12.4. The minimum atomic E-state index is -0.359. The molecule has 1 heterocycles. The van der Waals surface area contributed by atoms with Gasteiger partial charge in [-0.15, -0.1) is 12.4 Å². The lowest BCUT2D eigenvalue weighted by atomic mass is 9.58. The molecule has 150 valence electrons. The molecule has 1 saturated carbocycles. The Bertz CT molecular complexity index is 632. The van der Waals surface area contributed by atoms with Gasteiger partial charge in [-0.1, -0.05) is 30.3 Å². The molecule has 0 radical (unpaired) electrons. The molecule has 1 spiro atoms. The Balaban J connectivity index is 0.00000261. The second kappa shape index (κ2) is 9.64. The highest BCUT2D eigenvalue weighted by atomic mass is 35.5. The first-order valence-corrected chi connectivity index (χ1v) is 9.42. The van der Waals surface area contributed by atoms with Crippen LogP contribution in [0.4, 0.5) is 0 Å². The zero-order chi connectivity index (χ0) is 18.6. The second-order valence-corrected chi connectivity index (χ2v) is 7.30. The summed E-state index contributed by atoms with van der Waals surface area (Å²) in [4.78, 5) is 26.4. The number of halogens is 1. The summed E-state index contributed by atoms with van der Waals surface area (Å²) in [5, 5.41) is 10.3. The molecule has 3 N–H and O–H groups in total. The van der Waals surface area contributed by atoms with E-state index in [9.17, 15) is 14.7 Å². The molecule has 6 nitrogen and oxygen atoms in total. The minimum absolute atomic E-state index is 0. The number of benzene rings is 1. The average Bonchev–Trinajstić information content (AvgIpc) is 2.69. The van der Waals surface area contributed by atoms with Gasteiger partial charge in [0.25, 0.3) is 0 Å². The van der Waals surface area contributed by atoms with Gasteiger partial charge in [0.2, 0.25) is 5.91 Å². The van der Waals surface area contributed by atoms with E-state index in [-0.39, 0.29) is 54.6 Å². The zero-order valence-electron chi connectivity index (χ0n) is 15.5. The number of nitrogens with zero attached hydrogens (tertiary/aromatic N) is 1. The van der Waals surface area contributed by atoms with Gasteiger partial charge in [-0.2, -0.15) is 0 Å². The monoisotopic (exact) mass is 396 g/mol. The fraction of sp³-hybridized carbons (Fsp3) is 0.600. The van der Waals surface area contributed by atoms with Crippen LogP contribution in [0, 0.1) is 5.41 Å². The van der Waals surface area contributed by atoms with Crippen LogP contribution in [0.1, 0.15) is 42.5 Å². The van der Waals surface area contributed by atoms with Crippen LogP contribution in [-0.4, -0.2) is 60.1 Å². The van der Waals surface area contributed by atoms with Gasteiger partial charge in [-0.25, -0.2) is 0 Å². The molecule has 1 saturated heterocycles. The number of aliphatic hydroxyl groups is 1. The summed E-state index contributed by atoms with van der Waals surface area (Å²) in [5.74, 6) is 0.00876. The summed E-state index contributed by atoms with van der Waals surface area (Å²) in [5.41, 5.74) is 5.92. The molecule has 1 aliphatic carbocycles. The predicted octanol–water partition coefficient (Wildman–Crippen LogP) is 1.79. The fourth-order valence-corrected chi connectivity index (χ4v) is 4.15. The third-order valence-corrected chi connectivity index (χ3v) is 5.89. The fourth-order valence-electron chi connectivity index (χ4n) is 4.15. The molecule has 1 aromatic carbocycles. The number of Topliss-reactive ketones (excluding diaryl/α,β-unsaturated/α-hetero) is 1. The quantitative estimate of drug-likeness (QED) is 0.685. The predicted molar refractivity (Wildman–Crippen MR) is 105 cm³/mol. The van der Waals surface area contributed by atoms with E-state index < -0.39 is 0 Å². The van der Waals surface area contributed by atoms with E-state index >= 15 is 0 Å². The summed E-state index contributed by atoms with van der Waals surface area (Å²) in [6.45, 7) is 2.20. The molecule has 0 bridgehead atoms. The van der Waals surface area contributed by atoms with Crippen LogP contribution in [0.3, 0.4) is 0 Å². The van der Waals surface area contributed by atoms with Gasteiger partial charge in [0.15, 0.2) is 5.78 Å². The van der Waals surface area contributed by atoms with Gasteiger partial charge in [0, 0.05) is 49.9 Å². The molecule has 1 amide bonds. The third-order valence-electron chi connectivity index (χ3n) is 5.89. The lowest BCUT2D eigenvalue weighted by Crippen LogP contribution is -2.62.